The van der Waals surface area contributed by atoms with Gasteiger partial charge in [0.2, 0.25) is 0 Å². The van der Waals surface area contributed by atoms with E-state index in [0.717, 1.165) is 38.8 Å². The maximum absolute atomic E-state index is 12.7. The summed E-state index contributed by atoms with van der Waals surface area (Å²) in [5.41, 5.74) is 1.06. The summed E-state index contributed by atoms with van der Waals surface area (Å²) in [6.45, 7) is 3.03. The number of likely N-dealkylation sites (N-methyl/N-ethyl adjacent to an activating group) is 1. The molecule has 0 saturated carbocycles. The first-order chi connectivity index (χ1) is 11.6. The Morgan fingerprint density at radius 3 is 2.67 bits per heavy atom. The molecule has 1 unspecified atom stereocenters. The highest BCUT2D eigenvalue weighted by molar-refractivity contribution is 5.96. The van der Waals surface area contributed by atoms with Crippen LogP contribution in [0.25, 0.3) is 0 Å². The van der Waals surface area contributed by atoms with E-state index < -0.39 is 0 Å². The molecule has 1 aromatic rings. The van der Waals surface area contributed by atoms with Gasteiger partial charge in [-0.15, -0.1) is 0 Å². The summed E-state index contributed by atoms with van der Waals surface area (Å²) in [6, 6.07) is 5.20. The van der Waals surface area contributed by atoms with Crippen molar-refractivity contribution < 1.29 is 9.72 Å². The predicted octanol–water partition coefficient (Wildman–Crippen LogP) is 2.02. The Hall–Kier alpha value is -2.15. The standard InChI is InChI=1S/C17H24N4O3/c1-18-14-5-4-10-20(12-14)17(22)13-6-7-15(16(11-13)21(23)24)19-8-2-3-9-19/h6-7,11,14,18H,2-5,8-10,12H2,1H3. The third-order valence-corrected chi connectivity index (χ3v) is 4.98. The second-order valence-corrected chi connectivity index (χ2v) is 6.53. The molecule has 0 aromatic heterocycles. The van der Waals surface area contributed by atoms with Crippen LogP contribution in [0.15, 0.2) is 18.2 Å². The Morgan fingerprint density at radius 1 is 1.25 bits per heavy atom. The van der Waals surface area contributed by atoms with E-state index in [1.165, 1.54) is 6.07 Å². The van der Waals surface area contributed by atoms with Crippen LogP contribution in [0.5, 0.6) is 0 Å². The number of nitrogens with zero attached hydrogens (tertiary/aromatic N) is 3. The first-order valence-corrected chi connectivity index (χ1v) is 8.60. The number of benzene rings is 1. The molecule has 1 atom stereocenters. The number of nitro groups is 1. The molecule has 1 amide bonds. The van der Waals surface area contributed by atoms with Crippen LogP contribution < -0.4 is 10.2 Å². The molecule has 7 heteroatoms. The Morgan fingerprint density at radius 2 is 2.00 bits per heavy atom. The molecule has 3 rings (SSSR count). The van der Waals surface area contributed by atoms with Crippen molar-refractivity contribution in [3.63, 3.8) is 0 Å². The van der Waals surface area contributed by atoms with Crippen molar-refractivity contribution in [2.45, 2.75) is 31.7 Å². The molecule has 2 fully saturated rings. The fourth-order valence-corrected chi connectivity index (χ4v) is 3.61. The Bertz CT molecular complexity index is 628. The van der Waals surface area contributed by atoms with E-state index in [0.29, 0.717) is 30.4 Å². The van der Waals surface area contributed by atoms with Crippen LogP contribution in [0.4, 0.5) is 11.4 Å². The lowest BCUT2D eigenvalue weighted by Gasteiger charge is -2.32. The molecule has 0 spiro atoms. The molecular weight excluding hydrogens is 308 g/mol. The van der Waals surface area contributed by atoms with Gasteiger partial charge in [-0.2, -0.15) is 0 Å². The van der Waals surface area contributed by atoms with E-state index in [-0.39, 0.29) is 16.5 Å². The molecule has 7 nitrogen and oxygen atoms in total. The van der Waals surface area contributed by atoms with Gasteiger partial charge in [0.25, 0.3) is 11.6 Å². The Balaban J connectivity index is 1.84. The fraction of sp³-hybridized carbons (Fsp3) is 0.588. The maximum atomic E-state index is 12.7. The average molecular weight is 332 g/mol. The van der Waals surface area contributed by atoms with Crippen molar-refractivity contribution in [2.75, 3.05) is 38.1 Å². The second kappa shape index (κ2) is 7.17. The van der Waals surface area contributed by atoms with Crippen molar-refractivity contribution in [1.82, 2.24) is 10.2 Å². The number of piperidine rings is 1. The molecule has 1 aromatic carbocycles. The third kappa shape index (κ3) is 3.36. The largest absolute Gasteiger partial charge is 0.366 e. The Labute approximate surface area is 141 Å². The van der Waals surface area contributed by atoms with Gasteiger partial charge in [0.1, 0.15) is 5.69 Å². The van der Waals surface area contributed by atoms with Crippen molar-refractivity contribution in [2.24, 2.45) is 0 Å². The van der Waals surface area contributed by atoms with E-state index in [1.54, 1.807) is 17.0 Å². The van der Waals surface area contributed by atoms with Gasteiger partial charge >= 0.3 is 0 Å². The summed E-state index contributed by atoms with van der Waals surface area (Å²) in [5.74, 6) is -0.119. The summed E-state index contributed by atoms with van der Waals surface area (Å²) >= 11 is 0. The number of hydrogen-bond donors (Lipinski definition) is 1. The number of likely N-dealkylation sites (tertiary alicyclic amines) is 1. The predicted molar refractivity (Wildman–Crippen MR) is 92.5 cm³/mol. The monoisotopic (exact) mass is 332 g/mol. The quantitative estimate of drug-likeness (QED) is 0.674. The topological polar surface area (TPSA) is 78.7 Å². The maximum Gasteiger partial charge on any atom is 0.293 e. The molecule has 2 saturated heterocycles. The molecule has 24 heavy (non-hydrogen) atoms. The van der Waals surface area contributed by atoms with Gasteiger partial charge in [-0.1, -0.05) is 0 Å². The first kappa shape index (κ1) is 16.7. The van der Waals surface area contributed by atoms with E-state index in [4.69, 9.17) is 0 Å². The molecular formula is C17H24N4O3. The highest BCUT2D eigenvalue weighted by Gasteiger charge is 2.27. The summed E-state index contributed by atoms with van der Waals surface area (Å²) in [4.78, 5) is 27.6. The smallest absolute Gasteiger partial charge is 0.293 e. The van der Waals surface area contributed by atoms with Crippen molar-refractivity contribution in [3.8, 4) is 0 Å². The van der Waals surface area contributed by atoms with Crippen LogP contribution in [-0.2, 0) is 0 Å². The molecule has 1 N–H and O–H groups in total. The van der Waals surface area contributed by atoms with Crippen LogP contribution >= 0.6 is 0 Å². The highest BCUT2D eigenvalue weighted by atomic mass is 16.6. The lowest BCUT2D eigenvalue weighted by atomic mass is 10.0. The average Bonchev–Trinajstić information content (AvgIpc) is 3.15. The number of amides is 1. The fourth-order valence-electron chi connectivity index (χ4n) is 3.61. The zero-order valence-electron chi connectivity index (χ0n) is 14.0. The number of hydrogen-bond acceptors (Lipinski definition) is 5. The van der Waals surface area contributed by atoms with Crippen LogP contribution in [-0.4, -0.2) is 55.0 Å². The zero-order valence-corrected chi connectivity index (χ0v) is 14.0. The molecule has 0 aliphatic carbocycles. The number of rotatable bonds is 4. The van der Waals surface area contributed by atoms with Gasteiger partial charge in [0.05, 0.1) is 4.92 Å². The Kier molecular flexibility index (Phi) is 4.99. The van der Waals surface area contributed by atoms with E-state index in [2.05, 4.69) is 5.32 Å². The lowest BCUT2D eigenvalue weighted by molar-refractivity contribution is -0.384. The van der Waals surface area contributed by atoms with Crippen molar-refractivity contribution in [3.05, 3.63) is 33.9 Å². The van der Waals surface area contributed by atoms with Crippen LogP contribution in [0.1, 0.15) is 36.0 Å². The SMILES string of the molecule is CNC1CCCN(C(=O)c2ccc(N3CCCC3)c([N+](=O)[O-])c2)C1. The van der Waals surface area contributed by atoms with E-state index in [9.17, 15) is 14.9 Å². The third-order valence-electron chi connectivity index (χ3n) is 4.98. The van der Waals surface area contributed by atoms with E-state index in [1.807, 2.05) is 11.9 Å². The lowest BCUT2D eigenvalue weighted by Crippen LogP contribution is -2.46. The van der Waals surface area contributed by atoms with Gasteiger partial charge in [0.15, 0.2) is 0 Å². The molecule has 2 aliphatic rings. The molecule has 0 bridgehead atoms. The number of carbonyl (C=O) groups is 1. The molecule has 2 heterocycles. The minimum atomic E-state index is -0.378. The normalized spacial score (nSPS) is 21.1. The number of nitro benzene ring substituents is 1. The summed E-state index contributed by atoms with van der Waals surface area (Å²) < 4.78 is 0. The van der Waals surface area contributed by atoms with E-state index >= 15 is 0 Å². The van der Waals surface area contributed by atoms with Crippen LogP contribution in [0, 0.1) is 10.1 Å². The van der Waals surface area contributed by atoms with Gasteiger partial charge in [0, 0.05) is 43.9 Å². The van der Waals surface area contributed by atoms with Crippen LogP contribution in [0.2, 0.25) is 0 Å². The van der Waals surface area contributed by atoms with Crippen molar-refractivity contribution in [1.29, 1.82) is 0 Å². The molecule has 130 valence electrons. The molecule has 0 radical (unpaired) electrons. The number of carbonyl (C=O) groups excluding carboxylic acids is 1. The summed E-state index contributed by atoms with van der Waals surface area (Å²) in [5, 5.41) is 14.7. The van der Waals surface area contributed by atoms with Crippen LogP contribution in [0.3, 0.4) is 0 Å². The summed E-state index contributed by atoms with van der Waals surface area (Å²) in [7, 11) is 1.90. The van der Waals surface area contributed by atoms with Gasteiger partial charge in [-0.05, 0) is 44.9 Å². The summed E-state index contributed by atoms with van der Waals surface area (Å²) in [6.07, 6.45) is 4.10. The molecule has 2 aliphatic heterocycles. The number of nitrogens with one attached hydrogen (secondary N) is 1. The minimum absolute atomic E-state index is 0.0323. The van der Waals surface area contributed by atoms with Gasteiger partial charge in [-0.3, -0.25) is 14.9 Å². The van der Waals surface area contributed by atoms with Crippen molar-refractivity contribution >= 4 is 17.3 Å². The minimum Gasteiger partial charge on any atom is -0.366 e. The first-order valence-electron chi connectivity index (χ1n) is 8.60. The number of anilines is 1. The zero-order chi connectivity index (χ0) is 17.1. The van der Waals surface area contributed by atoms with Gasteiger partial charge < -0.3 is 15.1 Å². The van der Waals surface area contributed by atoms with Gasteiger partial charge in [-0.25, -0.2) is 0 Å². The highest BCUT2D eigenvalue weighted by Crippen LogP contribution is 2.32. The second-order valence-electron chi connectivity index (χ2n) is 6.53.